The molecule has 11 aromatic rings. The molecule has 0 spiro atoms. The summed E-state index contributed by atoms with van der Waals surface area (Å²) in [6.45, 7) is 0. The highest BCUT2D eigenvalue weighted by molar-refractivity contribution is 6.05. The van der Waals surface area contributed by atoms with E-state index in [0.717, 1.165) is 81.2 Å². The van der Waals surface area contributed by atoms with E-state index in [0.29, 0.717) is 0 Å². The Balaban J connectivity index is 0.907. The van der Waals surface area contributed by atoms with Crippen molar-refractivity contribution in [1.29, 1.82) is 0 Å². The molecule has 10 aromatic carbocycles. The van der Waals surface area contributed by atoms with Crippen molar-refractivity contribution < 1.29 is 4.42 Å². The third kappa shape index (κ3) is 8.21. The highest BCUT2D eigenvalue weighted by Gasteiger charge is 2.40. The van der Waals surface area contributed by atoms with Crippen LogP contribution in [0.4, 0.5) is 39.8 Å². The van der Waals surface area contributed by atoms with Gasteiger partial charge in [-0.25, -0.2) is 0 Å². The summed E-state index contributed by atoms with van der Waals surface area (Å²) in [4.78, 5) is 7.44. The van der Waals surface area contributed by atoms with Gasteiger partial charge in [0.2, 0.25) is 0 Å². The van der Waals surface area contributed by atoms with E-state index in [1.54, 1.807) is 0 Å². The molecule has 0 radical (unpaired) electrons. The maximum atomic E-state index is 6.64. The fourth-order valence-corrected chi connectivity index (χ4v) is 11.8. The molecule has 3 aliphatic rings. The van der Waals surface area contributed by atoms with Crippen LogP contribution in [0.2, 0.25) is 0 Å². The minimum absolute atomic E-state index is 0.0478. The van der Waals surface area contributed by atoms with Gasteiger partial charge in [0, 0.05) is 62.6 Å². The zero-order chi connectivity index (χ0) is 50.4. The van der Waals surface area contributed by atoms with Crippen LogP contribution in [0.15, 0.2) is 283 Å². The number of fused-ring (bicyclic) bond motifs is 6. The molecule has 362 valence electrons. The van der Waals surface area contributed by atoms with Crippen molar-refractivity contribution in [2.45, 2.75) is 25.3 Å². The van der Waals surface area contributed by atoms with Crippen LogP contribution in [0, 0.1) is 0 Å². The topological polar surface area (TPSA) is 22.9 Å². The largest absolute Gasteiger partial charge is 0.460 e. The second-order valence-electron chi connectivity index (χ2n) is 19.9. The number of benzene rings is 10. The maximum Gasteiger partial charge on any atom is 0.134 e. The van der Waals surface area contributed by atoms with E-state index in [4.69, 9.17) is 4.42 Å². The Hall–Kier alpha value is -9.64. The van der Waals surface area contributed by atoms with Crippen LogP contribution in [0.25, 0.3) is 67.1 Å². The Bertz CT molecular complexity index is 4000. The maximum absolute atomic E-state index is 6.64. The number of allylic oxidation sites excluding steroid dienone is 4. The van der Waals surface area contributed by atoms with Gasteiger partial charge in [0.15, 0.2) is 0 Å². The summed E-state index contributed by atoms with van der Waals surface area (Å²) in [6, 6.07) is 92.7. The van der Waals surface area contributed by atoms with Crippen LogP contribution in [0.5, 0.6) is 0 Å². The molecule has 0 N–H and O–H groups in total. The van der Waals surface area contributed by atoms with Gasteiger partial charge >= 0.3 is 0 Å². The predicted octanol–water partition coefficient (Wildman–Crippen LogP) is 19.6. The number of hydrogen-bond acceptors (Lipinski definition) is 4. The van der Waals surface area contributed by atoms with E-state index < -0.39 is 0 Å². The minimum atomic E-state index is 0.0478. The van der Waals surface area contributed by atoms with Crippen LogP contribution in [-0.4, -0.2) is 6.04 Å². The van der Waals surface area contributed by atoms with E-state index >= 15 is 0 Å². The SMILES string of the molecule is C1=CCCC(N(c2ccc(-c3ccccc3)cc2)c2ccccc2-c2cccc(N(c3ccc(-c4ccccc4)cc3)c3ccc4c(c3)N(c3ccc(-c5ccccc5)cc3)C3Cc5oc6ccccc6c5C=C43)c2)=C1. The number of anilines is 7. The van der Waals surface area contributed by atoms with Gasteiger partial charge < -0.3 is 19.1 Å². The first-order valence-corrected chi connectivity index (χ1v) is 26.5. The molecule has 1 aromatic heterocycles. The molecule has 1 aliphatic heterocycles. The van der Waals surface area contributed by atoms with Gasteiger partial charge in [-0.15, -0.1) is 0 Å². The van der Waals surface area contributed by atoms with Crippen molar-refractivity contribution in [3.05, 3.63) is 296 Å². The molecule has 0 saturated carbocycles. The third-order valence-corrected chi connectivity index (χ3v) is 15.4. The first-order valence-electron chi connectivity index (χ1n) is 26.5. The summed E-state index contributed by atoms with van der Waals surface area (Å²) in [5, 5.41) is 1.16. The number of furan rings is 1. The predicted molar refractivity (Wildman–Crippen MR) is 318 cm³/mol. The van der Waals surface area contributed by atoms with Gasteiger partial charge in [0.1, 0.15) is 11.3 Å². The second kappa shape index (κ2) is 19.3. The smallest absolute Gasteiger partial charge is 0.134 e. The average molecular weight is 976 g/mol. The summed E-state index contributed by atoms with van der Waals surface area (Å²) in [7, 11) is 0. The molecule has 0 amide bonds. The zero-order valence-electron chi connectivity index (χ0n) is 42.0. The highest BCUT2D eigenvalue weighted by Crippen LogP contribution is 2.53. The normalized spacial score (nSPS) is 14.4. The Morgan fingerprint density at radius 1 is 0.434 bits per heavy atom. The van der Waals surface area contributed by atoms with E-state index in [2.05, 4.69) is 294 Å². The molecule has 0 bridgehead atoms. The molecule has 4 nitrogen and oxygen atoms in total. The van der Waals surface area contributed by atoms with Crippen LogP contribution in [-0.2, 0) is 6.42 Å². The summed E-state index contributed by atoms with van der Waals surface area (Å²) < 4.78 is 6.64. The van der Waals surface area contributed by atoms with Crippen LogP contribution in [0.3, 0.4) is 0 Å². The Kier molecular flexibility index (Phi) is 11.4. The average Bonchev–Trinajstić information content (AvgIpc) is 4.13. The van der Waals surface area contributed by atoms with E-state index in [1.165, 1.54) is 61.5 Å². The zero-order valence-corrected chi connectivity index (χ0v) is 42.0. The summed E-state index contributed by atoms with van der Waals surface area (Å²) in [6.07, 6.45) is 11.8. The summed E-state index contributed by atoms with van der Waals surface area (Å²) in [5.41, 5.74) is 23.2. The molecule has 76 heavy (non-hydrogen) atoms. The Labute approximate surface area is 444 Å². The summed E-state index contributed by atoms with van der Waals surface area (Å²) in [5.74, 6) is 1.03. The van der Waals surface area contributed by atoms with Crippen LogP contribution < -0.4 is 14.7 Å². The Morgan fingerprint density at radius 2 is 0.987 bits per heavy atom. The standard InChI is InChI=1S/C72H53N3O/c1-5-18-50(19-6-1)53-32-38-58(39-33-53)73(61-27-17-24-56(46-61)63-28-13-15-30-68(63)74(57-25-11-4-12-26-57)59-40-34-54(35-41-59)51-20-7-2-8-21-51)62-44-45-64-66-48-67-65-29-14-16-31-71(65)76-72(67)49-70(66)75(69(64)47-62)60-42-36-55(37-43-60)52-22-9-3-10-23-52/h1-11,13-25,27-48,70H,12,26,49H2. The lowest BCUT2D eigenvalue weighted by atomic mass is 9.90. The number of rotatable bonds is 11. The van der Waals surface area contributed by atoms with Crippen molar-refractivity contribution in [1.82, 2.24) is 0 Å². The molecule has 2 heterocycles. The lowest BCUT2D eigenvalue weighted by molar-refractivity contribution is 0.534. The van der Waals surface area contributed by atoms with Crippen molar-refractivity contribution in [2.24, 2.45) is 0 Å². The van der Waals surface area contributed by atoms with Crippen LogP contribution >= 0.6 is 0 Å². The van der Waals surface area contributed by atoms with Gasteiger partial charge in [-0.1, -0.05) is 194 Å². The van der Waals surface area contributed by atoms with E-state index in [9.17, 15) is 0 Å². The van der Waals surface area contributed by atoms with Gasteiger partial charge in [-0.3, -0.25) is 0 Å². The number of hydrogen-bond donors (Lipinski definition) is 0. The van der Waals surface area contributed by atoms with Crippen molar-refractivity contribution in [2.75, 3.05) is 14.7 Å². The van der Waals surface area contributed by atoms with Gasteiger partial charge in [-0.2, -0.15) is 0 Å². The number of para-hydroxylation sites is 2. The van der Waals surface area contributed by atoms with Crippen molar-refractivity contribution >= 4 is 62.4 Å². The fourth-order valence-electron chi connectivity index (χ4n) is 11.8. The molecule has 1 atom stereocenters. The highest BCUT2D eigenvalue weighted by atomic mass is 16.3. The fraction of sp³-hybridized carbons (Fsp3) is 0.0556. The molecule has 14 rings (SSSR count). The molecular formula is C72H53N3O. The first-order chi connectivity index (χ1) is 37.7. The van der Waals surface area contributed by atoms with Crippen LogP contribution in [0.1, 0.15) is 29.7 Å². The van der Waals surface area contributed by atoms with Crippen molar-refractivity contribution in [3.8, 4) is 44.5 Å². The quantitative estimate of drug-likeness (QED) is 0.129. The second-order valence-corrected chi connectivity index (χ2v) is 19.9. The summed E-state index contributed by atoms with van der Waals surface area (Å²) >= 11 is 0. The molecular weight excluding hydrogens is 923 g/mol. The van der Waals surface area contributed by atoms with E-state index in [1.807, 2.05) is 0 Å². The molecule has 0 saturated heterocycles. The number of nitrogens with zero attached hydrogens (tertiary/aromatic N) is 3. The molecule has 2 aliphatic carbocycles. The minimum Gasteiger partial charge on any atom is -0.460 e. The Morgan fingerprint density at radius 3 is 1.64 bits per heavy atom. The van der Waals surface area contributed by atoms with Gasteiger partial charge in [0.05, 0.1) is 17.4 Å². The monoisotopic (exact) mass is 975 g/mol. The first kappa shape index (κ1) is 45.0. The van der Waals surface area contributed by atoms with E-state index in [-0.39, 0.29) is 6.04 Å². The van der Waals surface area contributed by atoms with Gasteiger partial charge in [-0.05, 0) is 142 Å². The molecule has 1 unspecified atom stereocenters. The van der Waals surface area contributed by atoms with Gasteiger partial charge in [0.25, 0.3) is 0 Å². The van der Waals surface area contributed by atoms with Crippen molar-refractivity contribution in [3.63, 3.8) is 0 Å². The molecule has 4 heteroatoms. The lowest BCUT2D eigenvalue weighted by Gasteiger charge is -2.32. The lowest BCUT2D eigenvalue weighted by Crippen LogP contribution is -2.30. The molecule has 0 fully saturated rings. The third-order valence-electron chi connectivity index (χ3n) is 15.4.